The van der Waals surface area contributed by atoms with E-state index in [4.69, 9.17) is 4.74 Å². The van der Waals surface area contributed by atoms with Crippen molar-refractivity contribution in [1.82, 2.24) is 4.90 Å². The van der Waals surface area contributed by atoms with Crippen molar-refractivity contribution >= 4 is 15.7 Å². The van der Waals surface area contributed by atoms with Gasteiger partial charge in [0.15, 0.2) is 15.9 Å². The van der Waals surface area contributed by atoms with E-state index in [9.17, 15) is 13.2 Å². The highest BCUT2D eigenvalue weighted by Gasteiger charge is 2.36. The zero-order valence-corrected chi connectivity index (χ0v) is 21.5. The molecule has 0 bridgehead atoms. The molecule has 3 rings (SSSR count). The fraction of sp³-hybridized carbons (Fsp3) is 0.519. The standard InChI is InChI=1S/C27H37NO4S/c1-18(2)23-10-8-22(9-11-23)16-28(24-13-14-33(30,31)17-24)27(29)21(6)32-26-15-20(5)7-12-25(26)19(3)4/h7-12,15,18-19,21,24H,13-14,16-17H2,1-6H3. The van der Waals surface area contributed by atoms with Gasteiger partial charge in [0.25, 0.3) is 5.91 Å². The van der Waals surface area contributed by atoms with Crippen LogP contribution >= 0.6 is 0 Å². The predicted molar refractivity (Wildman–Crippen MR) is 133 cm³/mol. The summed E-state index contributed by atoms with van der Waals surface area (Å²) >= 11 is 0. The number of carbonyl (C=O) groups excluding carboxylic acids is 1. The van der Waals surface area contributed by atoms with Crippen LogP contribution in [0.4, 0.5) is 0 Å². The minimum Gasteiger partial charge on any atom is -0.481 e. The summed E-state index contributed by atoms with van der Waals surface area (Å²) < 4.78 is 30.6. The van der Waals surface area contributed by atoms with Crippen molar-refractivity contribution in [3.05, 3.63) is 64.7 Å². The van der Waals surface area contributed by atoms with Crippen LogP contribution in [-0.4, -0.2) is 42.9 Å². The summed E-state index contributed by atoms with van der Waals surface area (Å²) in [4.78, 5) is 15.3. The molecule has 0 radical (unpaired) electrons. The van der Waals surface area contributed by atoms with Gasteiger partial charge in [-0.3, -0.25) is 4.79 Å². The molecule has 33 heavy (non-hydrogen) atoms. The lowest BCUT2D eigenvalue weighted by molar-refractivity contribution is -0.140. The maximum Gasteiger partial charge on any atom is 0.263 e. The maximum atomic E-state index is 13.6. The zero-order valence-electron chi connectivity index (χ0n) is 20.7. The van der Waals surface area contributed by atoms with E-state index in [2.05, 4.69) is 39.8 Å². The first-order chi connectivity index (χ1) is 15.5. The molecule has 0 N–H and O–H groups in total. The van der Waals surface area contributed by atoms with Crippen LogP contribution in [0.3, 0.4) is 0 Å². The fourth-order valence-electron chi connectivity index (χ4n) is 4.31. The van der Waals surface area contributed by atoms with Crippen LogP contribution in [0.1, 0.15) is 75.1 Å². The summed E-state index contributed by atoms with van der Waals surface area (Å²) in [6.07, 6.45) is -0.255. The minimum absolute atomic E-state index is 0.0111. The van der Waals surface area contributed by atoms with Crippen LogP contribution in [-0.2, 0) is 21.2 Å². The van der Waals surface area contributed by atoms with Crippen LogP contribution in [0.15, 0.2) is 42.5 Å². The number of ether oxygens (including phenoxy) is 1. The highest BCUT2D eigenvalue weighted by molar-refractivity contribution is 7.91. The van der Waals surface area contributed by atoms with Crippen LogP contribution in [0.25, 0.3) is 0 Å². The number of sulfone groups is 1. The Morgan fingerprint density at radius 1 is 1.03 bits per heavy atom. The molecule has 1 aliphatic heterocycles. The molecule has 2 atom stereocenters. The van der Waals surface area contributed by atoms with Crippen LogP contribution < -0.4 is 4.74 Å². The fourth-order valence-corrected chi connectivity index (χ4v) is 6.04. The second-order valence-electron chi connectivity index (χ2n) is 9.88. The van der Waals surface area contributed by atoms with E-state index in [0.717, 1.165) is 16.7 Å². The van der Waals surface area contributed by atoms with Gasteiger partial charge in [-0.05, 0) is 60.4 Å². The molecule has 2 unspecified atom stereocenters. The lowest BCUT2D eigenvalue weighted by atomic mass is 10.0. The number of benzene rings is 2. The Hall–Kier alpha value is -2.34. The molecule has 1 fully saturated rings. The van der Waals surface area contributed by atoms with E-state index < -0.39 is 15.9 Å². The Kier molecular flexibility index (Phi) is 7.88. The number of rotatable bonds is 8. The molecule has 5 nitrogen and oxygen atoms in total. The molecule has 2 aromatic rings. The Balaban J connectivity index is 1.85. The smallest absolute Gasteiger partial charge is 0.263 e. The Bertz CT molecular complexity index is 1070. The number of amides is 1. The van der Waals surface area contributed by atoms with E-state index in [1.54, 1.807) is 11.8 Å². The van der Waals surface area contributed by atoms with Crippen molar-refractivity contribution in [1.29, 1.82) is 0 Å². The highest BCUT2D eigenvalue weighted by Crippen LogP contribution is 2.29. The summed E-state index contributed by atoms with van der Waals surface area (Å²) in [5, 5.41) is 0. The number of hydrogen-bond donors (Lipinski definition) is 0. The Labute approximate surface area is 199 Å². The van der Waals surface area contributed by atoms with Gasteiger partial charge in [-0.1, -0.05) is 64.1 Å². The first-order valence-corrected chi connectivity index (χ1v) is 13.7. The average molecular weight is 472 g/mol. The lowest BCUT2D eigenvalue weighted by Gasteiger charge is -2.31. The number of hydrogen-bond acceptors (Lipinski definition) is 4. The minimum atomic E-state index is -3.13. The molecule has 2 aromatic carbocycles. The third-order valence-electron chi connectivity index (χ3n) is 6.37. The molecular weight excluding hydrogens is 434 g/mol. The summed E-state index contributed by atoms with van der Waals surface area (Å²) in [5.74, 6) is 1.36. The maximum absolute atomic E-state index is 13.6. The van der Waals surface area contributed by atoms with Gasteiger partial charge in [-0.2, -0.15) is 0 Å². The van der Waals surface area contributed by atoms with Crippen molar-refractivity contribution in [2.24, 2.45) is 0 Å². The van der Waals surface area contributed by atoms with Gasteiger partial charge >= 0.3 is 0 Å². The number of carbonyl (C=O) groups is 1. The van der Waals surface area contributed by atoms with Crippen LogP contribution in [0, 0.1) is 6.92 Å². The topological polar surface area (TPSA) is 63.7 Å². The van der Waals surface area contributed by atoms with Gasteiger partial charge in [-0.25, -0.2) is 8.42 Å². The highest BCUT2D eigenvalue weighted by atomic mass is 32.2. The van der Waals surface area contributed by atoms with E-state index >= 15 is 0 Å². The zero-order chi connectivity index (χ0) is 24.3. The van der Waals surface area contributed by atoms with Gasteiger partial charge in [0.05, 0.1) is 11.5 Å². The summed E-state index contributed by atoms with van der Waals surface area (Å²) in [6.45, 7) is 12.6. The van der Waals surface area contributed by atoms with Gasteiger partial charge in [0.1, 0.15) is 5.75 Å². The van der Waals surface area contributed by atoms with E-state index in [1.807, 2.05) is 37.3 Å². The van der Waals surface area contributed by atoms with Crippen molar-refractivity contribution in [2.75, 3.05) is 11.5 Å². The molecule has 180 valence electrons. The van der Waals surface area contributed by atoms with E-state index in [0.29, 0.717) is 24.6 Å². The second kappa shape index (κ2) is 10.3. The summed E-state index contributed by atoms with van der Waals surface area (Å²) in [5.41, 5.74) is 4.35. The molecule has 1 aliphatic rings. The normalized spacial score (nSPS) is 18.5. The molecule has 6 heteroatoms. The quantitative estimate of drug-likeness (QED) is 0.529. The van der Waals surface area contributed by atoms with Crippen molar-refractivity contribution in [3.8, 4) is 5.75 Å². The third kappa shape index (κ3) is 6.38. The van der Waals surface area contributed by atoms with E-state index in [1.165, 1.54) is 5.56 Å². The largest absolute Gasteiger partial charge is 0.481 e. The van der Waals surface area contributed by atoms with Gasteiger partial charge in [-0.15, -0.1) is 0 Å². The number of nitrogens with zero attached hydrogens (tertiary/aromatic N) is 1. The third-order valence-corrected chi connectivity index (χ3v) is 8.12. The monoisotopic (exact) mass is 471 g/mol. The first-order valence-electron chi connectivity index (χ1n) is 11.8. The second-order valence-corrected chi connectivity index (χ2v) is 12.1. The average Bonchev–Trinajstić information content (AvgIpc) is 3.11. The summed E-state index contributed by atoms with van der Waals surface area (Å²) in [7, 11) is -3.13. The SMILES string of the molecule is Cc1ccc(C(C)C)c(OC(C)C(=O)N(Cc2ccc(C(C)C)cc2)C2CCS(=O)(=O)C2)c1. The summed E-state index contributed by atoms with van der Waals surface area (Å²) in [6, 6.07) is 13.9. The molecule has 0 spiro atoms. The van der Waals surface area contributed by atoms with Crippen molar-refractivity contribution in [2.45, 2.75) is 78.5 Å². The Morgan fingerprint density at radius 2 is 1.70 bits per heavy atom. The molecule has 1 heterocycles. The van der Waals surface area contributed by atoms with Gasteiger partial charge in [0.2, 0.25) is 0 Å². The first kappa shape index (κ1) is 25.3. The van der Waals surface area contributed by atoms with Gasteiger partial charge < -0.3 is 9.64 Å². The van der Waals surface area contributed by atoms with Crippen molar-refractivity contribution < 1.29 is 17.9 Å². The molecule has 1 amide bonds. The molecule has 1 saturated heterocycles. The predicted octanol–water partition coefficient (Wildman–Crippen LogP) is 5.23. The molecular formula is C27H37NO4S. The van der Waals surface area contributed by atoms with Gasteiger partial charge in [0, 0.05) is 12.6 Å². The Morgan fingerprint density at radius 3 is 2.24 bits per heavy atom. The van der Waals surface area contributed by atoms with E-state index in [-0.39, 0.29) is 29.4 Å². The van der Waals surface area contributed by atoms with Crippen molar-refractivity contribution in [3.63, 3.8) is 0 Å². The molecule has 0 aromatic heterocycles. The number of aryl methyl sites for hydroxylation is 1. The molecule has 0 aliphatic carbocycles. The van der Waals surface area contributed by atoms with Crippen LogP contribution in [0.5, 0.6) is 5.75 Å². The lowest BCUT2D eigenvalue weighted by Crippen LogP contribution is -2.46. The molecule has 0 saturated carbocycles. The van der Waals surface area contributed by atoms with Crippen LogP contribution in [0.2, 0.25) is 0 Å².